The molecule has 1 aromatic carbocycles. The van der Waals surface area contributed by atoms with Crippen LogP contribution in [0.2, 0.25) is 0 Å². The summed E-state index contributed by atoms with van der Waals surface area (Å²) in [7, 11) is 0. The number of rotatable bonds is 4. The molecule has 1 aliphatic rings. The van der Waals surface area contributed by atoms with E-state index >= 15 is 0 Å². The van der Waals surface area contributed by atoms with Gasteiger partial charge in [0, 0.05) is 17.1 Å². The van der Waals surface area contributed by atoms with Crippen LogP contribution in [0.5, 0.6) is 0 Å². The van der Waals surface area contributed by atoms with Crippen LogP contribution in [0.3, 0.4) is 0 Å². The Labute approximate surface area is 135 Å². The van der Waals surface area contributed by atoms with Crippen molar-refractivity contribution in [1.29, 1.82) is 0 Å². The van der Waals surface area contributed by atoms with Gasteiger partial charge in [-0.05, 0) is 6.07 Å². The number of carboxylic acid groups (broad SMARTS) is 1. The molecule has 1 aliphatic heterocycles. The van der Waals surface area contributed by atoms with Crippen molar-refractivity contribution in [1.82, 2.24) is 10.3 Å². The van der Waals surface area contributed by atoms with Crippen LogP contribution >= 0.6 is 11.8 Å². The Morgan fingerprint density at radius 1 is 1.39 bits per heavy atom. The molecule has 0 bridgehead atoms. The summed E-state index contributed by atoms with van der Waals surface area (Å²) in [4.78, 5) is 26.6. The van der Waals surface area contributed by atoms with Gasteiger partial charge in [-0.3, -0.25) is 14.6 Å². The largest absolute Gasteiger partial charge is 0.481 e. The number of carboxylic acids is 1. The second-order valence-corrected chi connectivity index (χ2v) is 5.96. The number of hydrogen-bond acceptors (Lipinski definition) is 6. The predicted molar refractivity (Wildman–Crippen MR) is 88.5 cm³/mol. The number of pyridine rings is 1. The molecule has 1 saturated heterocycles. The fraction of sp³-hybridized carbons (Fsp3) is 0.133. The van der Waals surface area contributed by atoms with Gasteiger partial charge in [-0.1, -0.05) is 36.0 Å². The first-order chi connectivity index (χ1) is 11.1. The summed E-state index contributed by atoms with van der Waals surface area (Å²) < 4.78 is 0. The van der Waals surface area contributed by atoms with E-state index in [0.29, 0.717) is 5.17 Å². The second-order valence-electron chi connectivity index (χ2n) is 4.77. The molecule has 116 valence electrons. The molecule has 2 heterocycles. The van der Waals surface area contributed by atoms with Crippen molar-refractivity contribution in [2.45, 2.75) is 11.7 Å². The molecule has 1 atom stereocenters. The molecular formula is C15H12N4O3S. The Balaban J connectivity index is 1.76. The summed E-state index contributed by atoms with van der Waals surface area (Å²) in [6.07, 6.45) is 3.02. The monoisotopic (exact) mass is 328 g/mol. The quantitative estimate of drug-likeness (QED) is 0.656. The highest BCUT2D eigenvalue weighted by atomic mass is 32.2. The zero-order valence-electron chi connectivity index (χ0n) is 11.8. The lowest BCUT2D eigenvalue weighted by Gasteiger charge is -1.99. The Morgan fingerprint density at radius 3 is 3.04 bits per heavy atom. The van der Waals surface area contributed by atoms with E-state index in [9.17, 15) is 9.59 Å². The van der Waals surface area contributed by atoms with Gasteiger partial charge in [-0.25, -0.2) is 0 Å². The summed E-state index contributed by atoms with van der Waals surface area (Å²) in [6, 6.07) is 9.53. The standard InChI is InChI=1S/C15H12N4O3S/c20-12(21)7-11-14(22)18-15(23-11)19-17-8-10-4-1-3-9-5-2-6-16-13(9)10/h1-6,8,11H,7H2,(H,20,21)(H,18,19,22). The lowest BCUT2D eigenvalue weighted by molar-refractivity contribution is -0.138. The van der Waals surface area contributed by atoms with Crippen molar-refractivity contribution < 1.29 is 14.7 Å². The normalized spacial score (nSPS) is 19.6. The van der Waals surface area contributed by atoms with Gasteiger partial charge in [-0.2, -0.15) is 5.10 Å². The number of aromatic nitrogens is 1. The lowest BCUT2D eigenvalue weighted by Crippen LogP contribution is -2.26. The average molecular weight is 328 g/mol. The van der Waals surface area contributed by atoms with Crippen LogP contribution in [0.25, 0.3) is 10.9 Å². The zero-order valence-corrected chi connectivity index (χ0v) is 12.7. The Hall–Kier alpha value is -2.74. The van der Waals surface area contributed by atoms with E-state index in [1.807, 2.05) is 30.3 Å². The second kappa shape index (κ2) is 6.57. The number of amidine groups is 1. The van der Waals surface area contributed by atoms with Crippen LogP contribution < -0.4 is 5.32 Å². The minimum absolute atomic E-state index is 0.244. The first kappa shape index (κ1) is 15.2. The molecular weight excluding hydrogens is 316 g/mol. The third-order valence-electron chi connectivity index (χ3n) is 3.15. The number of para-hydroxylation sites is 1. The number of fused-ring (bicyclic) bond motifs is 1. The number of nitrogens with one attached hydrogen (secondary N) is 1. The molecule has 0 radical (unpaired) electrons. The fourth-order valence-electron chi connectivity index (χ4n) is 2.12. The van der Waals surface area contributed by atoms with Crippen LogP contribution in [0, 0.1) is 0 Å². The summed E-state index contributed by atoms with van der Waals surface area (Å²) in [5, 5.41) is 19.8. The molecule has 0 spiro atoms. The number of carbonyl (C=O) groups excluding carboxylic acids is 1. The highest BCUT2D eigenvalue weighted by Crippen LogP contribution is 2.22. The van der Waals surface area contributed by atoms with Gasteiger partial charge < -0.3 is 10.4 Å². The van der Waals surface area contributed by atoms with Crippen LogP contribution in [-0.2, 0) is 9.59 Å². The number of thioether (sulfide) groups is 1. The molecule has 3 rings (SSSR count). The van der Waals surface area contributed by atoms with E-state index in [1.54, 1.807) is 12.4 Å². The summed E-state index contributed by atoms with van der Waals surface area (Å²) in [5.74, 6) is -1.39. The van der Waals surface area contributed by atoms with E-state index < -0.39 is 11.2 Å². The number of benzene rings is 1. The maximum Gasteiger partial charge on any atom is 0.305 e. The van der Waals surface area contributed by atoms with Crippen molar-refractivity contribution in [3.63, 3.8) is 0 Å². The topological polar surface area (TPSA) is 104 Å². The van der Waals surface area contributed by atoms with Crippen LogP contribution in [0.1, 0.15) is 12.0 Å². The Morgan fingerprint density at radius 2 is 2.22 bits per heavy atom. The van der Waals surface area contributed by atoms with Gasteiger partial charge >= 0.3 is 5.97 Å². The van der Waals surface area contributed by atoms with Crippen molar-refractivity contribution >= 4 is 45.9 Å². The molecule has 2 N–H and O–H groups in total. The summed E-state index contributed by atoms with van der Waals surface area (Å²) >= 11 is 1.06. The fourth-order valence-corrected chi connectivity index (χ4v) is 3.04. The molecule has 0 aliphatic carbocycles. The first-order valence-corrected chi connectivity index (χ1v) is 7.65. The number of aliphatic carboxylic acids is 1. The number of amides is 1. The van der Waals surface area contributed by atoms with E-state index in [4.69, 9.17) is 5.11 Å². The minimum Gasteiger partial charge on any atom is -0.481 e. The highest BCUT2D eigenvalue weighted by Gasteiger charge is 2.32. The minimum atomic E-state index is -1.02. The van der Waals surface area contributed by atoms with E-state index in [2.05, 4.69) is 20.5 Å². The Bertz CT molecular complexity index is 829. The number of carbonyl (C=O) groups is 2. The van der Waals surface area contributed by atoms with Gasteiger partial charge in [0.1, 0.15) is 5.25 Å². The molecule has 1 fully saturated rings. The molecule has 7 nitrogen and oxygen atoms in total. The average Bonchev–Trinajstić information content (AvgIpc) is 2.87. The molecule has 23 heavy (non-hydrogen) atoms. The zero-order chi connectivity index (χ0) is 16.2. The summed E-state index contributed by atoms with van der Waals surface area (Å²) in [6.45, 7) is 0. The van der Waals surface area contributed by atoms with Crippen LogP contribution in [0.15, 0.2) is 46.7 Å². The van der Waals surface area contributed by atoms with Crippen LogP contribution in [-0.4, -0.2) is 38.6 Å². The van der Waals surface area contributed by atoms with Crippen molar-refractivity contribution in [3.05, 3.63) is 42.1 Å². The number of nitrogens with zero attached hydrogens (tertiary/aromatic N) is 3. The third kappa shape index (κ3) is 3.54. The first-order valence-electron chi connectivity index (χ1n) is 6.77. The molecule has 8 heteroatoms. The van der Waals surface area contributed by atoms with Gasteiger partial charge in [0.05, 0.1) is 18.2 Å². The maximum atomic E-state index is 11.6. The molecule has 1 amide bonds. The van der Waals surface area contributed by atoms with E-state index in [-0.39, 0.29) is 12.3 Å². The SMILES string of the molecule is O=C(O)CC1SC(=NN=Cc2cccc3cccnc23)NC1=O. The van der Waals surface area contributed by atoms with E-state index in [0.717, 1.165) is 28.2 Å². The van der Waals surface area contributed by atoms with Gasteiger partial charge in [0.2, 0.25) is 5.91 Å². The van der Waals surface area contributed by atoms with Gasteiger partial charge in [0.25, 0.3) is 0 Å². The third-order valence-corrected chi connectivity index (χ3v) is 4.22. The van der Waals surface area contributed by atoms with Gasteiger partial charge in [-0.15, -0.1) is 5.10 Å². The molecule has 1 unspecified atom stereocenters. The Kier molecular flexibility index (Phi) is 4.33. The van der Waals surface area contributed by atoms with Crippen molar-refractivity contribution in [3.8, 4) is 0 Å². The van der Waals surface area contributed by atoms with E-state index in [1.165, 1.54) is 0 Å². The smallest absolute Gasteiger partial charge is 0.305 e. The highest BCUT2D eigenvalue weighted by molar-refractivity contribution is 8.15. The van der Waals surface area contributed by atoms with Crippen molar-refractivity contribution in [2.75, 3.05) is 0 Å². The van der Waals surface area contributed by atoms with Gasteiger partial charge in [0.15, 0.2) is 5.17 Å². The number of hydrogen-bond donors (Lipinski definition) is 2. The summed E-state index contributed by atoms with van der Waals surface area (Å²) in [5.41, 5.74) is 1.62. The van der Waals surface area contributed by atoms with Crippen LogP contribution in [0.4, 0.5) is 0 Å². The lowest BCUT2D eigenvalue weighted by atomic mass is 10.1. The molecule has 1 aromatic heterocycles. The molecule has 0 saturated carbocycles. The maximum absolute atomic E-state index is 11.6. The van der Waals surface area contributed by atoms with Crippen molar-refractivity contribution in [2.24, 2.45) is 10.2 Å². The predicted octanol–water partition coefficient (Wildman–Crippen LogP) is 1.63. The molecule has 2 aromatic rings.